The van der Waals surface area contributed by atoms with E-state index in [0.717, 1.165) is 0 Å². The SMILES string of the molecule is CCOC(=O)c1ccc(S(=O)(=O)NC2CCC(C(=O)O)CC2)o1. The molecule has 2 N–H and O–H groups in total. The van der Waals surface area contributed by atoms with Gasteiger partial charge in [0, 0.05) is 6.04 Å². The Kier molecular flexibility index (Phi) is 5.42. The van der Waals surface area contributed by atoms with Gasteiger partial charge in [-0.1, -0.05) is 0 Å². The second kappa shape index (κ2) is 7.14. The van der Waals surface area contributed by atoms with Crippen LogP contribution in [0.4, 0.5) is 0 Å². The second-order valence-corrected chi connectivity index (χ2v) is 6.99. The molecule has 1 aromatic heterocycles. The predicted molar refractivity (Wildman–Crippen MR) is 78.4 cm³/mol. The molecule has 8 nitrogen and oxygen atoms in total. The number of rotatable bonds is 6. The molecule has 0 amide bonds. The van der Waals surface area contributed by atoms with Crippen molar-refractivity contribution in [1.82, 2.24) is 4.72 Å². The van der Waals surface area contributed by atoms with E-state index in [2.05, 4.69) is 4.72 Å². The highest BCUT2D eigenvalue weighted by atomic mass is 32.2. The van der Waals surface area contributed by atoms with Gasteiger partial charge >= 0.3 is 11.9 Å². The van der Waals surface area contributed by atoms with Crippen LogP contribution in [0.2, 0.25) is 0 Å². The topological polar surface area (TPSA) is 123 Å². The lowest BCUT2D eigenvalue weighted by Crippen LogP contribution is -2.38. The van der Waals surface area contributed by atoms with Crippen LogP contribution in [-0.2, 0) is 19.6 Å². The molecule has 0 saturated heterocycles. The highest BCUT2D eigenvalue weighted by molar-refractivity contribution is 7.89. The largest absolute Gasteiger partial charge is 0.481 e. The lowest BCUT2D eigenvalue weighted by atomic mass is 9.87. The fourth-order valence-electron chi connectivity index (χ4n) is 2.51. The number of ether oxygens (including phenoxy) is 1. The van der Waals surface area contributed by atoms with Crippen LogP contribution in [0.1, 0.15) is 43.2 Å². The lowest BCUT2D eigenvalue weighted by Gasteiger charge is -2.26. The Labute approximate surface area is 133 Å². The monoisotopic (exact) mass is 345 g/mol. The van der Waals surface area contributed by atoms with E-state index in [9.17, 15) is 18.0 Å². The molecule has 2 rings (SSSR count). The zero-order valence-electron chi connectivity index (χ0n) is 12.6. The number of hydrogen-bond acceptors (Lipinski definition) is 6. The van der Waals surface area contributed by atoms with Crippen LogP contribution in [0, 0.1) is 5.92 Å². The van der Waals surface area contributed by atoms with Gasteiger partial charge in [-0.3, -0.25) is 4.79 Å². The molecule has 1 aromatic rings. The number of carboxylic acids is 1. The summed E-state index contributed by atoms with van der Waals surface area (Å²) in [7, 11) is -3.90. The molecule has 128 valence electrons. The van der Waals surface area contributed by atoms with Crippen LogP contribution < -0.4 is 4.72 Å². The summed E-state index contributed by atoms with van der Waals surface area (Å²) in [6, 6.07) is 2.09. The molecular formula is C14H19NO7S. The summed E-state index contributed by atoms with van der Waals surface area (Å²) >= 11 is 0. The number of nitrogens with one attached hydrogen (secondary N) is 1. The van der Waals surface area contributed by atoms with Gasteiger partial charge in [0.15, 0.2) is 0 Å². The van der Waals surface area contributed by atoms with Crippen molar-refractivity contribution in [1.29, 1.82) is 0 Å². The van der Waals surface area contributed by atoms with Crippen LogP contribution in [-0.4, -0.2) is 38.1 Å². The van der Waals surface area contributed by atoms with Gasteiger partial charge in [0.2, 0.25) is 10.9 Å². The van der Waals surface area contributed by atoms with E-state index in [0.29, 0.717) is 25.7 Å². The molecule has 1 aliphatic rings. The van der Waals surface area contributed by atoms with Gasteiger partial charge in [0.05, 0.1) is 12.5 Å². The van der Waals surface area contributed by atoms with Crippen molar-refractivity contribution in [2.45, 2.75) is 43.7 Å². The molecule has 0 aliphatic heterocycles. The summed E-state index contributed by atoms with van der Waals surface area (Å²) in [5, 5.41) is 8.58. The number of hydrogen-bond donors (Lipinski definition) is 2. The smallest absolute Gasteiger partial charge is 0.374 e. The molecule has 1 fully saturated rings. The Hall–Kier alpha value is -1.87. The molecule has 0 bridgehead atoms. The first-order valence-electron chi connectivity index (χ1n) is 7.35. The normalized spacial score (nSPS) is 21.8. The van der Waals surface area contributed by atoms with Crippen molar-refractivity contribution in [3.8, 4) is 0 Å². The third-order valence-electron chi connectivity index (χ3n) is 3.72. The maximum Gasteiger partial charge on any atom is 0.374 e. The summed E-state index contributed by atoms with van der Waals surface area (Å²) in [5.74, 6) is -2.18. The Bertz CT molecular complexity index is 671. The van der Waals surface area contributed by atoms with Crippen LogP contribution in [0.15, 0.2) is 21.6 Å². The van der Waals surface area contributed by atoms with Gasteiger partial charge < -0.3 is 14.3 Å². The van der Waals surface area contributed by atoms with E-state index in [1.165, 1.54) is 12.1 Å². The molecule has 0 unspecified atom stereocenters. The number of aliphatic carboxylic acids is 1. The fraction of sp³-hybridized carbons (Fsp3) is 0.571. The number of furan rings is 1. The zero-order valence-corrected chi connectivity index (χ0v) is 13.5. The van der Waals surface area contributed by atoms with Gasteiger partial charge in [0.25, 0.3) is 10.0 Å². The van der Waals surface area contributed by atoms with E-state index in [1.54, 1.807) is 6.92 Å². The molecule has 1 aliphatic carbocycles. The van der Waals surface area contributed by atoms with E-state index < -0.39 is 27.9 Å². The number of esters is 1. The van der Waals surface area contributed by atoms with Gasteiger partial charge in [0.1, 0.15) is 0 Å². The summed E-state index contributed by atoms with van der Waals surface area (Å²) in [6.07, 6.45) is 1.74. The molecule has 0 atom stereocenters. The molecule has 0 spiro atoms. The molecule has 0 radical (unpaired) electrons. The fourth-order valence-corrected chi connectivity index (χ4v) is 3.75. The first kappa shape index (κ1) is 17.5. The molecular weight excluding hydrogens is 326 g/mol. The van der Waals surface area contributed by atoms with Crippen molar-refractivity contribution >= 4 is 22.0 Å². The van der Waals surface area contributed by atoms with E-state index in [-0.39, 0.29) is 23.5 Å². The van der Waals surface area contributed by atoms with Gasteiger partial charge in [-0.15, -0.1) is 0 Å². The Morgan fingerprint density at radius 2 is 1.96 bits per heavy atom. The number of carbonyl (C=O) groups excluding carboxylic acids is 1. The minimum absolute atomic E-state index is 0.159. The van der Waals surface area contributed by atoms with Crippen LogP contribution in [0.25, 0.3) is 0 Å². The zero-order chi connectivity index (χ0) is 17.0. The van der Waals surface area contributed by atoms with E-state index in [1.807, 2.05) is 0 Å². The number of sulfonamides is 1. The van der Waals surface area contributed by atoms with Crippen molar-refractivity contribution in [2.75, 3.05) is 6.61 Å². The average Bonchev–Trinajstić information content (AvgIpc) is 2.98. The molecule has 23 heavy (non-hydrogen) atoms. The third-order valence-corrected chi connectivity index (χ3v) is 5.11. The highest BCUT2D eigenvalue weighted by Gasteiger charge is 2.30. The first-order chi connectivity index (χ1) is 10.8. The Balaban J connectivity index is 2.00. The third kappa shape index (κ3) is 4.32. The van der Waals surface area contributed by atoms with Crippen LogP contribution in [0.5, 0.6) is 0 Å². The van der Waals surface area contributed by atoms with Crippen molar-refractivity contribution in [3.63, 3.8) is 0 Å². The summed E-state index contributed by atoms with van der Waals surface area (Å²) in [6.45, 7) is 1.79. The van der Waals surface area contributed by atoms with Gasteiger partial charge in [-0.2, -0.15) is 0 Å². The first-order valence-corrected chi connectivity index (χ1v) is 8.84. The summed E-state index contributed by atoms with van der Waals surface area (Å²) < 4.78 is 36.7. The Morgan fingerprint density at radius 3 is 2.52 bits per heavy atom. The predicted octanol–water partition coefficient (Wildman–Crippen LogP) is 1.38. The molecule has 0 aromatic carbocycles. The average molecular weight is 345 g/mol. The van der Waals surface area contributed by atoms with Crippen molar-refractivity contribution in [2.24, 2.45) is 5.92 Å². The summed E-state index contributed by atoms with van der Waals surface area (Å²) in [5.41, 5.74) is 0. The minimum Gasteiger partial charge on any atom is -0.481 e. The van der Waals surface area contributed by atoms with Crippen LogP contribution >= 0.6 is 0 Å². The van der Waals surface area contributed by atoms with E-state index >= 15 is 0 Å². The van der Waals surface area contributed by atoms with Crippen molar-refractivity contribution in [3.05, 3.63) is 17.9 Å². The van der Waals surface area contributed by atoms with Crippen LogP contribution in [0.3, 0.4) is 0 Å². The van der Waals surface area contributed by atoms with Gasteiger partial charge in [-0.05, 0) is 44.7 Å². The summed E-state index contributed by atoms with van der Waals surface area (Å²) in [4.78, 5) is 22.4. The Morgan fingerprint density at radius 1 is 1.30 bits per heavy atom. The maximum absolute atomic E-state index is 12.2. The standard InChI is InChI=1S/C14H19NO7S/c1-2-21-14(18)11-7-8-12(22-11)23(19,20)15-10-5-3-9(4-6-10)13(16)17/h7-10,15H,2-6H2,1H3,(H,16,17). The van der Waals surface area contributed by atoms with Crippen molar-refractivity contribution < 1.29 is 32.3 Å². The number of carboxylic acid groups (broad SMARTS) is 1. The minimum atomic E-state index is -3.90. The maximum atomic E-state index is 12.2. The van der Waals surface area contributed by atoms with E-state index in [4.69, 9.17) is 14.3 Å². The molecule has 1 saturated carbocycles. The number of carbonyl (C=O) groups is 2. The molecule has 1 heterocycles. The van der Waals surface area contributed by atoms with Gasteiger partial charge in [-0.25, -0.2) is 17.9 Å². The quantitative estimate of drug-likeness (QED) is 0.747. The lowest BCUT2D eigenvalue weighted by molar-refractivity contribution is -0.142. The highest BCUT2D eigenvalue weighted by Crippen LogP contribution is 2.26. The second-order valence-electron chi connectivity index (χ2n) is 5.35. The molecule has 9 heteroatoms.